The van der Waals surface area contributed by atoms with Crippen molar-refractivity contribution in [3.8, 4) is 11.5 Å². The highest BCUT2D eigenvalue weighted by atomic mass is 35.5. The van der Waals surface area contributed by atoms with Crippen LogP contribution in [0.1, 0.15) is 65.3 Å². The molecule has 0 unspecified atom stereocenters. The van der Waals surface area contributed by atoms with E-state index in [0.717, 1.165) is 25.9 Å². The fourth-order valence-electron chi connectivity index (χ4n) is 8.04. The lowest BCUT2D eigenvalue weighted by Gasteiger charge is -2.44. The van der Waals surface area contributed by atoms with E-state index < -0.39 is 30.0 Å². The van der Waals surface area contributed by atoms with Gasteiger partial charge in [-0.25, -0.2) is 14.0 Å². The van der Waals surface area contributed by atoms with Crippen LogP contribution in [0.4, 0.5) is 14.9 Å². The van der Waals surface area contributed by atoms with Gasteiger partial charge in [0.25, 0.3) is 5.91 Å². The van der Waals surface area contributed by atoms with Gasteiger partial charge in [-0.2, -0.15) is 0 Å². The highest BCUT2D eigenvalue weighted by Gasteiger charge is 2.39. The van der Waals surface area contributed by atoms with Gasteiger partial charge >= 0.3 is 12.1 Å². The highest BCUT2D eigenvalue weighted by Crippen LogP contribution is 2.37. The van der Waals surface area contributed by atoms with Crippen molar-refractivity contribution in [1.82, 2.24) is 14.8 Å². The normalized spacial score (nSPS) is 20.7. The van der Waals surface area contributed by atoms with E-state index in [9.17, 15) is 14.4 Å². The molecule has 0 saturated carbocycles. The number of fused-ring (bicyclic) bond motifs is 3. The zero-order valence-corrected chi connectivity index (χ0v) is 33.4. The number of carbonyl (C=O) groups excluding carboxylic acids is 3. The molecule has 4 aliphatic heterocycles. The summed E-state index contributed by atoms with van der Waals surface area (Å²) in [5.74, 6) is -0.300. The van der Waals surface area contributed by atoms with Gasteiger partial charge in [-0.3, -0.25) is 19.6 Å². The molecule has 4 aromatic rings. The number of nitrogens with zero attached hydrogens (tertiary/aromatic N) is 4. The third kappa shape index (κ3) is 9.14. The Morgan fingerprint density at radius 1 is 0.895 bits per heavy atom. The molecule has 2 bridgehead atoms. The smallest absolute Gasteiger partial charge is 0.415 e. The van der Waals surface area contributed by atoms with Gasteiger partial charge in [-0.05, 0) is 104 Å². The number of ether oxygens (including phenoxy) is 4. The van der Waals surface area contributed by atoms with E-state index in [1.165, 1.54) is 43.6 Å². The first-order valence-corrected chi connectivity index (χ1v) is 19.9. The Bertz CT molecular complexity index is 2080. The summed E-state index contributed by atoms with van der Waals surface area (Å²) in [6.07, 6.45) is 5.02. The summed E-state index contributed by atoms with van der Waals surface area (Å²) in [6.45, 7) is 2.92. The predicted molar refractivity (Wildman–Crippen MR) is 213 cm³/mol. The fraction of sp³-hybridized carbons (Fsp3) is 0.395. The van der Waals surface area contributed by atoms with Gasteiger partial charge in [0.1, 0.15) is 24.1 Å². The minimum absolute atomic E-state index is 0.0411. The Labute approximate surface area is 341 Å². The summed E-state index contributed by atoms with van der Waals surface area (Å²) in [5, 5.41) is 0.637. The van der Waals surface area contributed by atoms with Gasteiger partial charge in [-0.1, -0.05) is 53.5 Å². The Morgan fingerprint density at radius 3 is 2.35 bits per heavy atom. The SMILES string of the molecule is COc1ccc([C@H](Cc2c(Cl)cncc2Cl)OC(=O)[C@@H]2CCCCN2C(=O)c2cccc(CN(C(=O)O[C@H]3CN4CCC3CC4)c3ccccc3F)c2)cc1OC. The molecule has 0 spiro atoms. The molecule has 0 radical (unpaired) electrons. The van der Waals surface area contributed by atoms with Crippen LogP contribution in [-0.4, -0.2) is 85.3 Å². The Balaban J connectivity index is 1.12. The molecule has 14 heteroatoms. The number of likely N-dealkylation sites (tertiary alicyclic amines) is 1. The molecule has 5 heterocycles. The quantitative estimate of drug-likeness (QED) is 0.130. The number of amides is 2. The number of para-hydroxylation sites is 1. The summed E-state index contributed by atoms with van der Waals surface area (Å²) in [6, 6.07) is 17.2. The van der Waals surface area contributed by atoms with Crippen molar-refractivity contribution in [2.45, 2.75) is 63.3 Å². The second kappa shape index (κ2) is 18.1. The number of methoxy groups -OCH3 is 2. The summed E-state index contributed by atoms with van der Waals surface area (Å²) in [7, 11) is 3.05. The van der Waals surface area contributed by atoms with Gasteiger partial charge in [0.15, 0.2) is 11.5 Å². The number of halogens is 3. The number of esters is 1. The van der Waals surface area contributed by atoms with Crippen LogP contribution in [0.5, 0.6) is 11.5 Å². The van der Waals surface area contributed by atoms with Crippen molar-refractivity contribution in [2.75, 3.05) is 45.3 Å². The predicted octanol–water partition coefficient (Wildman–Crippen LogP) is 8.30. The zero-order valence-electron chi connectivity index (χ0n) is 31.9. The molecule has 57 heavy (non-hydrogen) atoms. The van der Waals surface area contributed by atoms with Crippen LogP contribution in [0.3, 0.4) is 0 Å². The lowest BCUT2D eigenvalue weighted by Crippen LogP contribution is -2.53. The molecule has 4 fully saturated rings. The number of aromatic nitrogens is 1. The van der Waals surface area contributed by atoms with Crippen molar-refractivity contribution in [1.29, 1.82) is 0 Å². The van der Waals surface area contributed by atoms with Gasteiger partial charge in [-0.15, -0.1) is 0 Å². The van der Waals surface area contributed by atoms with E-state index in [4.69, 9.17) is 42.1 Å². The van der Waals surface area contributed by atoms with Gasteiger partial charge < -0.3 is 23.8 Å². The molecular formula is C43H45Cl2FN4O7. The molecule has 2 amide bonds. The van der Waals surface area contributed by atoms with Crippen LogP contribution in [0.25, 0.3) is 0 Å². The summed E-state index contributed by atoms with van der Waals surface area (Å²) < 4.78 is 38.5. The van der Waals surface area contributed by atoms with E-state index in [-0.39, 0.29) is 36.6 Å². The second-order valence-corrected chi connectivity index (χ2v) is 15.4. The third-order valence-electron chi connectivity index (χ3n) is 11.1. The van der Waals surface area contributed by atoms with Crippen LogP contribution in [0.2, 0.25) is 10.0 Å². The maximum Gasteiger partial charge on any atom is 0.415 e. The van der Waals surface area contributed by atoms with Crippen LogP contribution in [-0.2, 0) is 27.2 Å². The standard InChI is InChI=1S/C43H45Cl2FN4O7/c1-54-37-14-13-29(21-39(37)55-2)38(22-31-32(44)23-47-24-33(31)45)56-42(52)36-12-5-6-17-49(36)41(51)30-9-7-8-27(20-30)25-50(35-11-4-3-10-34(35)46)43(53)57-40-26-48-18-15-28(40)16-19-48/h3-4,7-11,13-14,20-21,23-24,28,36,38,40H,5-6,12,15-19,22,25-26H2,1-2H3/t36-,38-,40-/m0/s1. The highest BCUT2D eigenvalue weighted by molar-refractivity contribution is 6.35. The van der Waals surface area contributed by atoms with Crippen molar-refractivity contribution < 1.29 is 37.7 Å². The van der Waals surface area contributed by atoms with Crippen LogP contribution in [0.15, 0.2) is 79.1 Å². The first-order chi connectivity index (χ1) is 27.6. The molecule has 0 N–H and O–H groups in total. The molecule has 11 nitrogen and oxygen atoms in total. The van der Waals surface area contributed by atoms with Gasteiger partial charge in [0, 0.05) is 37.5 Å². The Hall–Kier alpha value is -4.91. The average Bonchev–Trinajstić information content (AvgIpc) is 3.24. The summed E-state index contributed by atoms with van der Waals surface area (Å²) in [5.41, 5.74) is 2.14. The minimum atomic E-state index is -0.882. The number of benzene rings is 3. The first-order valence-electron chi connectivity index (χ1n) is 19.2. The molecule has 8 rings (SSSR count). The monoisotopic (exact) mass is 818 g/mol. The molecular weight excluding hydrogens is 774 g/mol. The number of pyridine rings is 1. The Morgan fingerprint density at radius 2 is 1.65 bits per heavy atom. The van der Waals surface area contributed by atoms with Crippen LogP contribution >= 0.6 is 23.2 Å². The molecule has 3 aromatic carbocycles. The zero-order chi connectivity index (χ0) is 40.1. The molecule has 4 aliphatic rings. The molecule has 4 saturated heterocycles. The van der Waals surface area contributed by atoms with E-state index in [1.807, 2.05) is 0 Å². The van der Waals surface area contributed by atoms with E-state index in [2.05, 4.69) is 9.88 Å². The van der Waals surface area contributed by atoms with Crippen molar-refractivity contribution in [3.63, 3.8) is 0 Å². The summed E-state index contributed by atoms with van der Waals surface area (Å²) in [4.78, 5) is 51.5. The lowest BCUT2D eigenvalue weighted by molar-refractivity contribution is -0.156. The molecule has 1 aromatic heterocycles. The fourth-order valence-corrected chi connectivity index (χ4v) is 8.56. The van der Waals surface area contributed by atoms with Crippen LogP contribution in [0, 0.1) is 11.7 Å². The first kappa shape index (κ1) is 40.3. The maximum atomic E-state index is 15.2. The van der Waals surface area contributed by atoms with E-state index >= 15 is 4.39 Å². The second-order valence-electron chi connectivity index (χ2n) is 14.6. The number of hydrogen-bond donors (Lipinski definition) is 0. The number of piperidine rings is 4. The number of carbonyl (C=O) groups is 3. The molecule has 0 aliphatic carbocycles. The van der Waals surface area contributed by atoms with Crippen LogP contribution < -0.4 is 14.4 Å². The van der Waals surface area contributed by atoms with Crippen molar-refractivity contribution >= 4 is 46.9 Å². The molecule has 300 valence electrons. The third-order valence-corrected chi connectivity index (χ3v) is 11.8. The number of hydrogen-bond acceptors (Lipinski definition) is 9. The molecule has 3 atom stereocenters. The maximum absolute atomic E-state index is 15.2. The average molecular weight is 820 g/mol. The van der Waals surface area contributed by atoms with E-state index in [0.29, 0.717) is 76.2 Å². The number of anilines is 1. The van der Waals surface area contributed by atoms with Crippen molar-refractivity contribution in [2.24, 2.45) is 5.92 Å². The van der Waals surface area contributed by atoms with E-state index in [1.54, 1.807) is 59.5 Å². The largest absolute Gasteiger partial charge is 0.493 e. The minimum Gasteiger partial charge on any atom is -0.493 e. The number of rotatable bonds is 12. The van der Waals surface area contributed by atoms with Gasteiger partial charge in [0.05, 0.1) is 36.5 Å². The van der Waals surface area contributed by atoms with Gasteiger partial charge in [0.2, 0.25) is 0 Å². The van der Waals surface area contributed by atoms with Crippen molar-refractivity contribution in [3.05, 3.63) is 117 Å². The lowest BCUT2D eigenvalue weighted by atomic mass is 9.86. The Kier molecular flexibility index (Phi) is 12.8. The summed E-state index contributed by atoms with van der Waals surface area (Å²) >= 11 is 13.0. The topological polar surface area (TPSA) is 111 Å².